The summed E-state index contributed by atoms with van der Waals surface area (Å²) in [6, 6.07) is 7.68. The molecule has 0 aliphatic carbocycles. The van der Waals surface area contributed by atoms with E-state index < -0.39 is 0 Å². The summed E-state index contributed by atoms with van der Waals surface area (Å²) in [4.78, 5) is 17.3. The number of carbonyl (C=O) groups excluding carboxylic acids is 1. The van der Waals surface area contributed by atoms with Crippen molar-refractivity contribution in [1.82, 2.24) is 4.98 Å². The predicted octanol–water partition coefficient (Wildman–Crippen LogP) is 2.73. The van der Waals surface area contributed by atoms with E-state index in [1.54, 1.807) is 13.3 Å². The molecule has 88 valence electrons. The van der Waals surface area contributed by atoms with Crippen LogP contribution in [0.3, 0.4) is 0 Å². The first-order valence-corrected chi connectivity index (χ1v) is 5.85. The number of thiazole rings is 1. The fourth-order valence-corrected chi connectivity index (χ4v) is 2.20. The van der Waals surface area contributed by atoms with Crippen molar-refractivity contribution in [3.8, 4) is 5.75 Å². The summed E-state index contributed by atoms with van der Waals surface area (Å²) in [6.07, 6.45) is 2.37. The summed E-state index contributed by atoms with van der Waals surface area (Å²) in [7, 11) is 3.52. The molecule has 0 saturated carbocycles. The number of methoxy groups -OCH3 is 1. The van der Waals surface area contributed by atoms with Crippen LogP contribution in [0, 0.1) is 0 Å². The molecule has 2 aromatic rings. The molecule has 0 spiro atoms. The van der Waals surface area contributed by atoms with E-state index in [1.165, 1.54) is 11.3 Å². The zero-order valence-electron chi connectivity index (χ0n) is 9.58. The monoisotopic (exact) mass is 248 g/mol. The second kappa shape index (κ2) is 4.97. The number of ether oxygens (including phenoxy) is 1. The SMILES string of the molecule is COc1ccccc1N(C)c1ncc(C=O)s1. The number of hydrogen-bond acceptors (Lipinski definition) is 5. The number of para-hydroxylation sites is 2. The third kappa shape index (κ3) is 2.29. The highest BCUT2D eigenvalue weighted by Gasteiger charge is 2.12. The molecule has 0 fully saturated rings. The van der Waals surface area contributed by atoms with Gasteiger partial charge in [-0.05, 0) is 12.1 Å². The summed E-state index contributed by atoms with van der Waals surface area (Å²) in [6.45, 7) is 0. The lowest BCUT2D eigenvalue weighted by Gasteiger charge is -2.18. The van der Waals surface area contributed by atoms with Gasteiger partial charge in [0.05, 0.1) is 23.9 Å². The molecule has 0 bridgehead atoms. The second-order valence-corrected chi connectivity index (χ2v) is 4.43. The Bertz CT molecular complexity index is 525. The highest BCUT2D eigenvalue weighted by molar-refractivity contribution is 7.17. The molecular formula is C12H12N2O2S. The molecule has 1 heterocycles. The molecule has 0 aliphatic heterocycles. The molecule has 1 aromatic carbocycles. The number of rotatable bonds is 4. The van der Waals surface area contributed by atoms with Crippen LogP contribution in [-0.2, 0) is 0 Å². The first-order valence-electron chi connectivity index (χ1n) is 5.04. The predicted molar refractivity (Wildman–Crippen MR) is 68.6 cm³/mol. The first kappa shape index (κ1) is 11.6. The van der Waals surface area contributed by atoms with Crippen LogP contribution in [0.4, 0.5) is 10.8 Å². The van der Waals surface area contributed by atoms with E-state index in [9.17, 15) is 4.79 Å². The molecule has 0 unspecified atom stereocenters. The van der Waals surface area contributed by atoms with Gasteiger partial charge in [0.1, 0.15) is 5.75 Å². The Hall–Kier alpha value is -1.88. The molecule has 2 rings (SSSR count). The van der Waals surface area contributed by atoms with E-state index in [-0.39, 0.29) is 0 Å². The molecule has 0 atom stereocenters. The van der Waals surface area contributed by atoms with Crippen molar-refractivity contribution in [3.05, 3.63) is 35.3 Å². The molecule has 17 heavy (non-hydrogen) atoms. The van der Waals surface area contributed by atoms with E-state index in [2.05, 4.69) is 4.98 Å². The van der Waals surface area contributed by atoms with Gasteiger partial charge in [0.15, 0.2) is 11.4 Å². The molecule has 5 heteroatoms. The number of aromatic nitrogens is 1. The molecule has 0 N–H and O–H groups in total. The number of nitrogens with zero attached hydrogens (tertiary/aromatic N) is 2. The number of carbonyl (C=O) groups is 1. The number of hydrogen-bond donors (Lipinski definition) is 0. The third-order valence-electron chi connectivity index (χ3n) is 2.36. The van der Waals surface area contributed by atoms with Crippen molar-refractivity contribution >= 4 is 28.4 Å². The van der Waals surface area contributed by atoms with E-state index in [0.29, 0.717) is 4.88 Å². The largest absolute Gasteiger partial charge is 0.495 e. The fraction of sp³-hybridized carbons (Fsp3) is 0.167. The van der Waals surface area contributed by atoms with Crippen molar-refractivity contribution in [2.45, 2.75) is 0 Å². The van der Waals surface area contributed by atoms with Gasteiger partial charge in [-0.15, -0.1) is 0 Å². The third-order valence-corrected chi connectivity index (χ3v) is 3.36. The van der Waals surface area contributed by atoms with Gasteiger partial charge in [0, 0.05) is 7.05 Å². The average molecular weight is 248 g/mol. The second-order valence-electron chi connectivity index (χ2n) is 3.39. The van der Waals surface area contributed by atoms with Gasteiger partial charge in [0.2, 0.25) is 0 Å². The molecule has 1 aromatic heterocycles. The summed E-state index contributed by atoms with van der Waals surface area (Å²) in [5.41, 5.74) is 0.918. The topological polar surface area (TPSA) is 42.4 Å². The van der Waals surface area contributed by atoms with Crippen LogP contribution in [0.25, 0.3) is 0 Å². The van der Waals surface area contributed by atoms with Crippen LogP contribution < -0.4 is 9.64 Å². The number of aldehydes is 1. The van der Waals surface area contributed by atoms with Crippen LogP contribution in [0.15, 0.2) is 30.5 Å². The fourth-order valence-electron chi connectivity index (χ4n) is 1.50. The van der Waals surface area contributed by atoms with E-state index in [0.717, 1.165) is 22.9 Å². The van der Waals surface area contributed by atoms with Crippen molar-refractivity contribution in [3.63, 3.8) is 0 Å². The Balaban J connectivity index is 2.35. The van der Waals surface area contributed by atoms with Gasteiger partial charge < -0.3 is 9.64 Å². The van der Waals surface area contributed by atoms with Crippen molar-refractivity contribution < 1.29 is 9.53 Å². The molecule has 4 nitrogen and oxygen atoms in total. The summed E-state index contributed by atoms with van der Waals surface area (Å²) in [5, 5.41) is 0.761. The molecule has 0 amide bonds. The normalized spacial score (nSPS) is 10.0. The Labute approximate surface area is 103 Å². The maximum Gasteiger partial charge on any atom is 0.190 e. The lowest BCUT2D eigenvalue weighted by Crippen LogP contribution is -2.10. The standard InChI is InChI=1S/C12H12N2O2S/c1-14(12-13-7-9(8-15)17-12)10-5-3-4-6-11(10)16-2/h3-8H,1-2H3. The minimum Gasteiger partial charge on any atom is -0.495 e. The number of benzene rings is 1. The van der Waals surface area contributed by atoms with Crippen LogP contribution in [0.1, 0.15) is 9.67 Å². The van der Waals surface area contributed by atoms with Crippen LogP contribution in [0.5, 0.6) is 5.75 Å². The van der Waals surface area contributed by atoms with Gasteiger partial charge >= 0.3 is 0 Å². The van der Waals surface area contributed by atoms with E-state index in [1.807, 2.05) is 36.2 Å². The van der Waals surface area contributed by atoms with Crippen molar-refractivity contribution in [2.24, 2.45) is 0 Å². The Morgan fingerprint density at radius 2 is 2.18 bits per heavy atom. The van der Waals surface area contributed by atoms with E-state index in [4.69, 9.17) is 4.74 Å². The van der Waals surface area contributed by atoms with Crippen molar-refractivity contribution in [1.29, 1.82) is 0 Å². The molecular weight excluding hydrogens is 236 g/mol. The average Bonchev–Trinajstić information content (AvgIpc) is 2.86. The maximum absolute atomic E-state index is 10.6. The summed E-state index contributed by atoms with van der Waals surface area (Å²) in [5.74, 6) is 0.776. The smallest absolute Gasteiger partial charge is 0.190 e. The molecule has 0 saturated heterocycles. The minimum atomic E-state index is 0.613. The lowest BCUT2D eigenvalue weighted by atomic mass is 10.3. The summed E-state index contributed by atoms with van der Waals surface area (Å²) < 4.78 is 5.29. The zero-order chi connectivity index (χ0) is 12.3. The van der Waals surface area contributed by atoms with Crippen LogP contribution >= 0.6 is 11.3 Å². The van der Waals surface area contributed by atoms with Gasteiger partial charge in [-0.3, -0.25) is 4.79 Å². The van der Waals surface area contributed by atoms with Crippen molar-refractivity contribution in [2.75, 3.05) is 19.1 Å². The van der Waals surface area contributed by atoms with Gasteiger partial charge in [-0.1, -0.05) is 23.5 Å². The summed E-state index contributed by atoms with van der Waals surface area (Å²) >= 11 is 1.35. The van der Waals surface area contributed by atoms with Gasteiger partial charge in [-0.25, -0.2) is 4.98 Å². The Morgan fingerprint density at radius 3 is 2.82 bits per heavy atom. The van der Waals surface area contributed by atoms with Crippen LogP contribution in [-0.4, -0.2) is 25.4 Å². The van der Waals surface area contributed by atoms with Crippen LogP contribution in [0.2, 0.25) is 0 Å². The van der Waals surface area contributed by atoms with Gasteiger partial charge in [0.25, 0.3) is 0 Å². The highest BCUT2D eigenvalue weighted by atomic mass is 32.1. The number of anilines is 2. The quantitative estimate of drug-likeness (QED) is 0.780. The highest BCUT2D eigenvalue weighted by Crippen LogP contribution is 2.33. The molecule has 0 aliphatic rings. The maximum atomic E-state index is 10.6. The molecule has 0 radical (unpaired) electrons. The Morgan fingerprint density at radius 1 is 1.41 bits per heavy atom. The minimum absolute atomic E-state index is 0.613. The van der Waals surface area contributed by atoms with E-state index >= 15 is 0 Å². The van der Waals surface area contributed by atoms with Gasteiger partial charge in [-0.2, -0.15) is 0 Å². The Kier molecular flexibility index (Phi) is 3.39. The first-order chi connectivity index (χ1) is 8.26. The lowest BCUT2D eigenvalue weighted by molar-refractivity contribution is 0.112. The zero-order valence-corrected chi connectivity index (χ0v) is 10.4.